The molecular weight excluding hydrogens is 204 g/mol. The number of nitrogens with one attached hydrogen (secondary N) is 1. The number of fused-ring (bicyclic) bond motifs is 1. The van der Waals surface area contributed by atoms with Gasteiger partial charge in [0.25, 0.3) is 0 Å². The molecule has 2 rings (SSSR count). The van der Waals surface area contributed by atoms with Gasteiger partial charge < -0.3 is 10.4 Å². The number of phenols is 1. The van der Waals surface area contributed by atoms with E-state index < -0.39 is 0 Å². The van der Waals surface area contributed by atoms with Crippen molar-refractivity contribution in [3.63, 3.8) is 0 Å². The number of carbonyl (C=O) groups excluding carboxylic acids is 1. The molecule has 0 bridgehead atoms. The van der Waals surface area contributed by atoms with Gasteiger partial charge in [0.05, 0.1) is 11.2 Å². The summed E-state index contributed by atoms with van der Waals surface area (Å²) < 4.78 is 0. The summed E-state index contributed by atoms with van der Waals surface area (Å²) in [5.74, 6) is 0.222. The minimum atomic E-state index is 0.222. The second-order valence-corrected chi connectivity index (χ2v) is 3.23. The zero-order valence-electron chi connectivity index (χ0n) is 8.42. The summed E-state index contributed by atoms with van der Waals surface area (Å²) >= 11 is 0. The Hall–Kier alpha value is -2.36. The summed E-state index contributed by atoms with van der Waals surface area (Å²) in [6.45, 7) is 0. The lowest BCUT2D eigenvalue weighted by molar-refractivity contribution is -0.108. The van der Waals surface area contributed by atoms with E-state index in [1.54, 1.807) is 24.3 Å². The molecule has 0 aliphatic rings. The Labute approximate surface area is 92.2 Å². The molecule has 0 aliphatic heterocycles. The van der Waals surface area contributed by atoms with Crippen LogP contribution < -0.4 is 5.32 Å². The number of nitrogens with zero attached hydrogens (tertiary/aromatic N) is 1. The summed E-state index contributed by atoms with van der Waals surface area (Å²) in [6, 6.07) is 8.66. The molecule has 1 heterocycles. The van der Waals surface area contributed by atoms with Crippen LogP contribution in [0.25, 0.3) is 17.0 Å². The second-order valence-electron chi connectivity index (χ2n) is 3.23. The maximum Gasteiger partial charge on any atom is 0.211 e. The van der Waals surface area contributed by atoms with Crippen molar-refractivity contribution < 1.29 is 9.90 Å². The molecule has 4 nitrogen and oxygen atoms in total. The Kier molecular flexibility index (Phi) is 2.82. The summed E-state index contributed by atoms with van der Waals surface area (Å²) in [5, 5.41) is 12.6. The van der Waals surface area contributed by atoms with Crippen molar-refractivity contribution in [3.8, 4) is 5.75 Å². The van der Waals surface area contributed by atoms with Crippen molar-refractivity contribution in [3.05, 3.63) is 42.2 Å². The van der Waals surface area contributed by atoms with Crippen LogP contribution in [0, 0.1) is 0 Å². The van der Waals surface area contributed by atoms with Crippen LogP contribution in [0.5, 0.6) is 5.75 Å². The average molecular weight is 214 g/mol. The Bertz CT molecular complexity index is 550. The molecule has 0 fully saturated rings. The number of aromatic nitrogens is 1. The summed E-state index contributed by atoms with van der Waals surface area (Å²) in [7, 11) is 0. The van der Waals surface area contributed by atoms with Crippen LogP contribution in [-0.2, 0) is 4.79 Å². The van der Waals surface area contributed by atoms with E-state index in [2.05, 4.69) is 10.3 Å². The van der Waals surface area contributed by atoms with E-state index in [1.807, 2.05) is 12.1 Å². The molecule has 4 heteroatoms. The zero-order valence-corrected chi connectivity index (χ0v) is 8.42. The quantitative estimate of drug-likeness (QED) is 0.764. The minimum Gasteiger partial charge on any atom is -0.508 e. The van der Waals surface area contributed by atoms with E-state index in [0.717, 1.165) is 16.6 Å². The van der Waals surface area contributed by atoms with Crippen molar-refractivity contribution in [1.82, 2.24) is 10.3 Å². The van der Waals surface area contributed by atoms with Gasteiger partial charge >= 0.3 is 0 Å². The minimum absolute atomic E-state index is 0.222. The molecule has 16 heavy (non-hydrogen) atoms. The molecule has 2 aromatic rings. The summed E-state index contributed by atoms with van der Waals surface area (Å²) in [6.07, 6.45) is 3.80. The fraction of sp³-hybridized carbons (Fsp3) is 0. The first-order valence-corrected chi connectivity index (χ1v) is 4.75. The van der Waals surface area contributed by atoms with Crippen molar-refractivity contribution >= 4 is 23.4 Å². The molecular formula is C12H10N2O2. The standard InChI is InChI=1S/C12H10N2O2/c15-8-13-6-5-10-2-1-9-7-11(16)3-4-12(9)14-10/h1-8,16H,(H,13,15). The number of aromatic hydroxyl groups is 1. The molecule has 0 radical (unpaired) electrons. The van der Waals surface area contributed by atoms with Crippen LogP contribution in [0.15, 0.2) is 36.5 Å². The zero-order chi connectivity index (χ0) is 11.4. The van der Waals surface area contributed by atoms with Gasteiger partial charge in [-0.25, -0.2) is 4.98 Å². The largest absolute Gasteiger partial charge is 0.508 e. The molecule has 1 aromatic carbocycles. The van der Waals surface area contributed by atoms with Crippen molar-refractivity contribution in [2.45, 2.75) is 0 Å². The molecule has 0 aliphatic carbocycles. The lowest BCUT2D eigenvalue weighted by atomic mass is 10.2. The van der Waals surface area contributed by atoms with E-state index in [4.69, 9.17) is 0 Å². The first-order chi connectivity index (χ1) is 7.79. The third kappa shape index (κ3) is 2.17. The number of phenolic OH excluding ortho intramolecular Hbond substituents is 1. The first-order valence-electron chi connectivity index (χ1n) is 4.75. The van der Waals surface area contributed by atoms with Gasteiger partial charge in [-0.3, -0.25) is 4.79 Å². The molecule has 0 atom stereocenters. The predicted molar refractivity (Wildman–Crippen MR) is 61.6 cm³/mol. The maximum absolute atomic E-state index is 10.0. The van der Waals surface area contributed by atoms with Gasteiger partial charge in [-0.15, -0.1) is 0 Å². The van der Waals surface area contributed by atoms with Crippen LogP contribution in [0.2, 0.25) is 0 Å². The molecule has 80 valence electrons. The lowest BCUT2D eigenvalue weighted by Crippen LogP contribution is -1.98. The molecule has 1 aromatic heterocycles. The molecule has 0 saturated heterocycles. The van der Waals surface area contributed by atoms with Crippen LogP contribution >= 0.6 is 0 Å². The third-order valence-corrected chi connectivity index (χ3v) is 2.11. The smallest absolute Gasteiger partial charge is 0.211 e. The fourth-order valence-electron chi connectivity index (χ4n) is 1.39. The van der Waals surface area contributed by atoms with Gasteiger partial charge in [0, 0.05) is 11.6 Å². The topological polar surface area (TPSA) is 62.2 Å². The number of hydrogen-bond acceptors (Lipinski definition) is 3. The van der Waals surface area contributed by atoms with Gasteiger partial charge in [0.1, 0.15) is 5.75 Å². The van der Waals surface area contributed by atoms with Crippen molar-refractivity contribution in [2.75, 3.05) is 0 Å². The molecule has 0 spiro atoms. The highest BCUT2D eigenvalue weighted by Crippen LogP contribution is 2.18. The van der Waals surface area contributed by atoms with Crippen molar-refractivity contribution in [1.29, 1.82) is 0 Å². The number of amides is 1. The van der Waals surface area contributed by atoms with Crippen LogP contribution in [0.4, 0.5) is 0 Å². The second kappa shape index (κ2) is 4.44. The number of benzene rings is 1. The third-order valence-electron chi connectivity index (χ3n) is 2.11. The van der Waals surface area contributed by atoms with Gasteiger partial charge in [-0.05, 0) is 30.3 Å². The average Bonchev–Trinajstić information content (AvgIpc) is 2.29. The number of rotatable bonds is 3. The highest BCUT2D eigenvalue weighted by Gasteiger charge is 1.96. The highest BCUT2D eigenvalue weighted by atomic mass is 16.3. The Morgan fingerprint density at radius 3 is 2.94 bits per heavy atom. The molecule has 0 unspecified atom stereocenters. The van der Waals surface area contributed by atoms with Gasteiger partial charge in [-0.1, -0.05) is 6.07 Å². The van der Waals surface area contributed by atoms with Crippen molar-refractivity contribution in [2.24, 2.45) is 0 Å². The number of hydrogen-bond donors (Lipinski definition) is 2. The van der Waals surface area contributed by atoms with Crippen LogP contribution in [-0.4, -0.2) is 16.5 Å². The maximum atomic E-state index is 10.0. The van der Waals surface area contributed by atoms with E-state index in [9.17, 15) is 9.90 Å². The van der Waals surface area contributed by atoms with E-state index in [0.29, 0.717) is 6.41 Å². The SMILES string of the molecule is O=CNC=Cc1ccc2cc(O)ccc2n1. The Morgan fingerprint density at radius 2 is 2.12 bits per heavy atom. The fourth-order valence-corrected chi connectivity index (χ4v) is 1.39. The van der Waals surface area contributed by atoms with Gasteiger partial charge in [0.15, 0.2) is 0 Å². The van der Waals surface area contributed by atoms with Gasteiger partial charge in [-0.2, -0.15) is 0 Å². The monoisotopic (exact) mass is 214 g/mol. The summed E-state index contributed by atoms with van der Waals surface area (Å²) in [5.41, 5.74) is 1.54. The Morgan fingerprint density at radius 1 is 1.25 bits per heavy atom. The predicted octanol–water partition coefficient (Wildman–Crippen LogP) is 1.66. The normalized spacial score (nSPS) is 10.8. The number of pyridine rings is 1. The van der Waals surface area contributed by atoms with E-state index >= 15 is 0 Å². The number of carbonyl (C=O) groups is 1. The van der Waals surface area contributed by atoms with E-state index in [-0.39, 0.29) is 5.75 Å². The van der Waals surface area contributed by atoms with E-state index in [1.165, 1.54) is 6.20 Å². The molecule has 2 N–H and O–H groups in total. The highest BCUT2D eigenvalue weighted by molar-refractivity contribution is 5.81. The molecule has 0 saturated carbocycles. The summed E-state index contributed by atoms with van der Waals surface area (Å²) in [4.78, 5) is 14.4. The van der Waals surface area contributed by atoms with Gasteiger partial charge in [0.2, 0.25) is 6.41 Å². The molecule has 1 amide bonds. The van der Waals surface area contributed by atoms with Crippen LogP contribution in [0.3, 0.4) is 0 Å². The lowest BCUT2D eigenvalue weighted by Gasteiger charge is -1.99. The van der Waals surface area contributed by atoms with Crippen LogP contribution in [0.1, 0.15) is 5.69 Å². The Balaban J connectivity index is 2.36. The first kappa shape index (κ1) is 10.2.